The number of ether oxygens (including phenoxy) is 3. The SMILES string of the molecule is CC1(c2ccc3c(c2)OCCO3)NC(=O)N(CC(=O)Nc2ccc(N3CCOCC3)cc2)C1=O. The maximum absolute atomic E-state index is 13.2. The number of hydrogen-bond acceptors (Lipinski definition) is 7. The Balaban J connectivity index is 1.24. The molecule has 2 N–H and O–H groups in total. The number of amides is 4. The standard InChI is InChI=1S/C24H26N4O6/c1-24(16-2-7-19-20(14-16)34-13-12-33-19)22(30)28(23(31)26-24)15-21(29)25-17-3-5-18(6-4-17)27-8-10-32-11-9-27/h2-7,14H,8-13,15H2,1H3,(H,25,29)(H,26,31). The van der Waals surface area contributed by atoms with Crippen molar-refractivity contribution in [2.24, 2.45) is 0 Å². The molecule has 2 saturated heterocycles. The number of carbonyl (C=O) groups excluding carboxylic acids is 3. The zero-order valence-corrected chi connectivity index (χ0v) is 18.8. The van der Waals surface area contributed by atoms with Crippen molar-refractivity contribution in [1.82, 2.24) is 10.2 Å². The van der Waals surface area contributed by atoms with Crippen molar-refractivity contribution in [3.63, 3.8) is 0 Å². The van der Waals surface area contributed by atoms with Crippen molar-refractivity contribution in [2.45, 2.75) is 12.5 Å². The zero-order valence-electron chi connectivity index (χ0n) is 18.8. The number of benzene rings is 2. The van der Waals surface area contributed by atoms with Gasteiger partial charge in [0.05, 0.1) is 13.2 Å². The Morgan fingerprint density at radius 2 is 1.71 bits per heavy atom. The minimum Gasteiger partial charge on any atom is -0.486 e. The topological polar surface area (TPSA) is 109 Å². The first kappa shape index (κ1) is 22.0. The first-order chi connectivity index (χ1) is 16.4. The molecule has 0 saturated carbocycles. The second-order valence-electron chi connectivity index (χ2n) is 8.50. The summed E-state index contributed by atoms with van der Waals surface area (Å²) in [5.74, 6) is 0.135. The quantitative estimate of drug-likeness (QED) is 0.646. The Hall–Kier alpha value is -3.79. The molecule has 0 aliphatic carbocycles. The van der Waals surface area contributed by atoms with Gasteiger partial charge in [-0.05, 0) is 48.9 Å². The zero-order chi connectivity index (χ0) is 23.7. The van der Waals surface area contributed by atoms with Crippen molar-refractivity contribution in [3.05, 3.63) is 48.0 Å². The highest BCUT2D eigenvalue weighted by molar-refractivity contribution is 6.10. The number of nitrogens with zero attached hydrogens (tertiary/aromatic N) is 2. The number of fused-ring (bicyclic) bond motifs is 1. The molecular weight excluding hydrogens is 440 g/mol. The van der Waals surface area contributed by atoms with E-state index in [1.165, 1.54) is 0 Å². The third-order valence-electron chi connectivity index (χ3n) is 6.22. The lowest BCUT2D eigenvalue weighted by molar-refractivity contribution is -0.133. The number of hydrogen-bond donors (Lipinski definition) is 2. The first-order valence-corrected chi connectivity index (χ1v) is 11.2. The van der Waals surface area contributed by atoms with E-state index in [-0.39, 0.29) is 0 Å². The molecule has 34 heavy (non-hydrogen) atoms. The highest BCUT2D eigenvalue weighted by Gasteiger charge is 2.49. The number of anilines is 2. The minimum absolute atomic E-state index is 0.393. The van der Waals surface area contributed by atoms with Gasteiger partial charge in [-0.25, -0.2) is 4.79 Å². The number of urea groups is 1. The summed E-state index contributed by atoms with van der Waals surface area (Å²) >= 11 is 0. The average molecular weight is 466 g/mol. The summed E-state index contributed by atoms with van der Waals surface area (Å²) in [5.41, 5.74) is 0.874. The lowest BCUT2D eigenvalue weighted by atomic mass is 9.91. The Kier molecular flexibility index (Phi) is 5.74. The number of morpholine rings is 1. The van der Waals surface area contributed by atoms with Crippen molar-refractivity contribution < 1.29 is 28.6 Å². The van der Waals surface area contributed by atoms with E-state index < -0.39 is 29.9 Å². The van der Waals surface area contributed by atoms with E-state index in [1.54, 1.807) is 37.3 Å². The third kappa shape index (κ3) is 4.12. The molecular formula is C24H26N4O6. The maximum Gasteiger partial charge on any atom is 0.325 e. The van der Waals surface area contributed by atoms with Crippen LogP contribution in [0.4, 0.5) is 16.2 Å². The van der Waals surface area contributed by atoms with Crippen LogP contribution in [0.25, 0.3) is 0 Å². The summed E-state index contributed by atoms with van der Waals surface area (Å²) in [6.07, 6.45) is 0. The average Bonchev–Trinajstić information content (AvgIpc) is 3.08. The van der Waals surface area contributed by atoms with Gasteiger partial charge in [0.25, 0.3) is 5.91 Å². The summed E-state index contributed by atoms with van der Waals surface area (Å²) in [5, 5.41) is 5.47. The van der Waals surface area contributed by atoms with Crippen molar-refractivity contribution in [3.8, 4) is 11.5 Å². The number of imide groups is 1. The molecule has 1 unspecified atom stereocenters. The van der Waals surface area contributed by atoms with E-state index in [0.717, 1.165) is 23.7 Å². The molecule has 4 amide bonds. The first-order valence-electron chi connectivity index (χ1n) is 11.2. The van der Waals surface area contributed by atoms with Crippen LogP contribution in [0.3, 0.4) is 0 Å². The fraction of sp³-hybridized carbons (Fsp3) is 0.375. The molecule has 2 fully saturated rings. The van der Waals surface area contributed by atoms with E-state index in [4.69, 9.17) is 14.2 Å². The van der Waals surface area contributed by atoms with Gasteiger partial charge in [0.1, 0.15) is 25.3 Å². The molecule has 178 valence electrons. The molecule has 3 heterocycles. The second-order valence-corrected chi connectivity index (χ2v) is 8.50. The van der Waals surface area contributed by atoms with Gasteiger partial charge in [-0.1, -0.05) is 6.07 Å². The van der Waals surface area contributed by atoms with Crippen molar-refractivity contribution in [2.75, 3.05) is 56.3 Å². The summed E-state index contributed by atoms with van der Waals surface area (Å²) < 4.78 is 16.5. The molecule has 3 aliphatic heterocycles. The van der Waals surface area contributed by atoms with Gasteiger partial charge in [0.15, 0.2) is 11.5 Å². The molecule has 1 atom stereocenters. The van der Waals surface area contributed by atoms with Gasteiger partial charge < -0.3 is 29.7 Å². The Morgan fingerprint density at radius 3 is 2.44 bits per heavy atom. The van der Waals surface area contributed by atoms with E-state index in [2.05, 4.69) is 15.5 Å². The lowest BCUT2D eigenvalue weighted by Crippen LogP contribution is -2.42. The van der Waals surface area contributed by atoms with Crippen LogP contribution < -0.4 is 25.0 Å². The molecule has 10 nitrogen and oxygen atoms in total. The van der Waals surface area contributed by atoms with Crippen LogP contribution in [0, 0.1) is 0 Å². The molecule has 5 rings (SSSR count). The predicted molar refractivity (Wildman–Crippen MR) is 123 cm³/mol. The minimum atomic E-state index is -1.31. The predicted octanol–water partition coefficient (Wildman–Crippen LogP) is 1.70. The fourth-order valence-electron chi connectivity index (χ4n) is 4.31. The summed E-state index contributed by atoms with van der Waals surface area (Å²) in [4.78, 5) is 41.6. The highest BCUT2D eigenvalue weighted by Crippen LogP contribution is 2.36. The third-order valence-corrected chi connectivity index (χ3v) is 6.22. The van der Waals surface area contributed by atoms with Gasteiger partial charge in [0, 0.05) is 24.5 Å². The van der Waals surface area contributed by atoms with Gasteiger partial charge in [-0.15, -0.1) is 0 Å². The summed E-state index contributed by atoms with van der Waals surface area (Å²) in [7, 11) is 0. The largest absolute Gasteiger partial charge is 0.486 e. The summed E-state index contributed by atoms with van der Waals surface area (Å²) in [6.45, 7) is 5.10. The molecule has 0 radical (unpaired) electrons. The smallest absolute Gasteiger partial charge is 0.325 e. The maximum atomic E-state index is 13.2. The molecule has 3 aliphatic rings. The van der Waals surface area contributed by atoms with E-state index in [0.29, 0.717) is 49.2 Å². The van der Waals surface area contributed by atoms with Crippen LogP contribution in [0.2, 0.25) is 0 Å². The van der Waals surface area contributed by atoms with E-state index in [9.17, 15) is 14.4 Å². The normalized spacial score (nSPS) is 21.9. The number of rotatable bonds is 5. The van der Waals surface area contributed by atoms with E-state index in [1.807, 2.05) is 12.1 Å². The van der Waals surface area contributed by atoms with Gasteiger partial charge >= 0.3 is 6.03 Å². The molecule has 2 aromatic carbocycles. The monoisotopic (exact) mass is 466 g/mol. The van der Waals surface area contributed by atoms with Crippen molar-refractivity contribution >= 4 is 29.2 Å². The van der Waals surface area contributed by atoms with E-state index >= 15 is 0 Å². The van der Waals surface area contributed by atoms with Gasteiger partial charge in [0.2, 0.25) is 5.91 Å². The van der Waals surface area contributed by atoms with Crippen LogP contribution in [-0.4, -0.2) is 68.8 Å². The molecule has 0 aromatic heterocycles. The molecule has 2 aromatic rings. The Morgan fingerprint density at radius 1 is 1.00 bits per heavy atom. The molecule has 0 spiro atoms. The lowest BCUT2D eigenvalue weighted by Gasteiger charge is -2.28. The van der Waals surface area contributed by atoms with Gasteiger partial charge in [-0.3, -0.25) is 14.5 Å². The summed E-state index contributed by atoms with van der Waals surface area (Å²) in [6, 6.07) is 11.9. The molecule has 0 bridgehead atoms. The second kappa shape index (κ2) is 8.86. The van der Waals surface area contributed by atoms with Gasteiger partial charge in [-0.2, -0.15) is 0 Å². The Bertz CT molecular complexity index is 1110. The van der Waals surface area contributed by atoms with Crippen LogP contribution in [0.1, 0.15) is 12.5 Å². The highest BCUT2D eigenvalue weighted by atomic mass is 16.6. The van der Waals surface area contributed by atoms with Crippen LogP contribution >= 0.6 is 0 Å². The van der Waals surface area contributed by atoms with Crippen LogP contribution in [-0.2, 0) is 19.9 Å². The number of nitrogens with one attached hydrogen (secondary N) is 2. The molecule has 10 heteroatoms. The fourth-order valence-corrected chi connectivity index (χ4v) is 4.31. The number of carbonyl (C=O) groups is 3. The van der Waals surface area contributed by atoms with Crippen molar-refractivity contribution in [1.29, 1.82) is 0 Å². The Labute approximate surface area is 196 Å². The van der Waals surface area contributed by atoms with Crippen LogP contribution in [0.15, 0.2) is 42.5 Å². The van der Waals surface area contributed by atoms with Crippen LogP contribution in [0.5, 0.6) is 11.5 Å².